The van der Waals surface area contributed by atoms with Crippen LogP contribution in [0.4, 0.5) is 5.69 Å². The minimum absolute atomic E-state index is 0.0930. The van der Waals surface area contributed by atoms with E-state index in [1.165, 1.54) is 0 Å². The molecule has 1 amide bonds. The zero-order valence-electron chi connectivity index (χ0n) is 10.8. The van der Waals surface area contributed by atoms with Gasteiger partial charge < -0.3 is 15.2 Å². The second-order valence-electron chi connectivity index (χ2n) is 4.78. The number of amides is 1. The van der Waals surface area contributed by atoms with E-state index in [1.807, 2.05) is 25.1 Å². The van der Waals surface area contributed by atoms with Crippen molar-refractivity contribution in [1.29, 1.82) is 0 Å². The molecule has 18 heavy (non-hydrogen) atoms. The van der Waals surface area contributed by atoms with Crippen LogP contribution in [0.15, 0.2) is 18.2 Å². The molecule has 4 nitrogen and oxygen atoms in total. The van der Waals surface area contributed by atoms with Crippen molar-refractivity contribution in [2.24, 2.45) is 5.92 Å². The normalized spacial score (nSPS) is 22.8. The summed E-state index contributed by atoms with van der Waals surface area (Å²) in [4.78, 5) is 12.0. The Balaban J connectivity index is 2.05. The second-order valence-corrected chi connectivity index (χ2v) is 4.78. The Bertz CT molecular complexity index is 445. The molecule has 2 N–H and O–H groups in total. The molecule has 0 aliphatic heterocycles. The van der Waals surface area contributed by atoms with Gasteiger partial charge in [-0.15, -0.1) is 0 Å². The molecule has 0 radical (unpaired) electrons. The number of aliphatic hydroxyl groups excluding tert-OH is 1. The van der Waals surface area contributed by atoms with Crippen LogP contribution >= 0.6 is 0 Å². The predicted octanol–water partition coefficient (Wildman–Crippen LogP) is 2.10. The Morgan fingerprint density at radius 3 is 2.78 bits per heavy atom. The first kappa shape index (κ1) is 12.9. The molecule has 1 fully saturated rings. The van der Waals surface area contributed by atoms with E-state index in [1.54, 1.807) is 7.11 Å². The number of carbonyl (C=O) groups excluding carboxylic acids is 1. The maximum Gasteiger partial charge on any atom is 0.230 e. The molecule has 2 rings (SSSR count). The van der Waals surface area contributed by atoms with Crippen LogP contribution in [-0.4, -0.2) is 24.2 Å². The Morgan fingerprint density at radius 1 is 1.44 bits per heavy atom. The van der Waals surface area contributed by atoms with Gasteiger partial charge in [-0.25, -0.2) is 0 Å². The number of anilines is 1. The van der Waals surface area contributed by atoms with Gasteiger partial charge in [0.1, 0.15) is 5.75 Å². The Labute approximate surface area is 107 Å². The Morgan fingerprint density at radius 2 is 2.22 bits per heavy atom. The lowest BCUT2D eigenvalue weighted by Crippen LogP contribution is -2.28. The summed E-state index contributed by atoms with van der Waals surface area (Å²) in [7, 11) is 1.62. The highest BCUT2D eigenvalue weighted by Gasteiger charge is 2.31. The van der Waals surface area contributed by atoms with Crippen molar-refractivity contribution >= 4 is 11.6 Å². The van der Waals surface area contributed by atoms with Gasteiger partial charge >= 0.3 is 0 Å². The summed E-state index contributed by atoms with van der Waals surface area (Å²) in [6, 6.07) is 5.51. The fourth-order valence-corrected chi connectivity index (χ4v) is 2.44. The van der Waals surface area contributed by atoms with E-state index in [0.29, 0.717) is 0 Å². The third-order valence-electron chi connectivity index (χ3n) is 3.48. The number of methoxy groups -OCH3 is 1. The highest BCUT2D eigenvalue weighted by atomic mass is 16.5. The predicted molar refractivity (Wildman–Crippen MR) is 69.7 cm³/mol. The van der Waals surface area contributed by atoms with Crippen LogP contribution in [-0.2, 0) is 4.79 Å². The number of nitrogens with one attached hydrogen (secondary N) is 1. The Hall–Kier alpha value is -1.55. The molecular formula is C14H19NO3. The molecule has 98 valence electrons. The molecule has 0 bridgehead atoms. The maximum atomic E-state index is 12.0. The molecular weight excluding hydrogens is 230 g/mol. The molecule has 0 heterocycles. The third-order valence-corrected chi connectivity index (χ3v) is 3.48. The molecule has 4 heteroatoms. The summed E-state index contributed by atoms with van der Waals surface area (Å²) in [5.41, 5.74) is 1.72. The minimum Gasteiger partial charge on any atom is -0.496 e. The third kappa shape index (κ3) is 2.64. The van der Waals surface area contributed by atoms with Gasteiger partial charge in [-0.3, -0.25) is 4.79 Å². The maximum absolute atomic E-state index is 12.0. The van der Waals surface area contributed by atoms with Gasteiger partial charge in [0.2, 0.25) is 5.91 Å². The average Bonchev–Trinajstić information content (AvgIpc) is 2.76. The first-order valence-electron chi connectivity index (χ1n) is 6.25. The van der Waals surface area contributed by atoms with Gasteiger partial charge in [0.05, 0.1) is 19.1 Å². The van der Waals surface area contributed by atoms with E-state index in [-0.39, 0.29) is 11.8 Å². The van der Waals surface area contributed by atoms with E-state index < -0.39 is 6.10 Å². The standard InChI is InChI=1S/C14H19NO3/c1-9-8-10(6-7-13(9)18-2)15-14(17)11-4-3-5-12(11)16/h6-8,11-12,16H,3-5H2,1-2H3,(H,15,17). The zero-order chi connectivity index (χ0) is 13.1. The molecule has 2 atom stereocenters. The summed E-state index contributed by atoms with van der Waals surface area (Å²) in [5.74, 6) is 0.436. The zero-order valence-corrected chi connectivity index (χ0v) is 10.8. The largest absolute Gasteiger partial charge is 0.496 e. The van der Waals surface area contributed by atoms with E-state index >= 15 is 0 Å². The fraction of sp³-hybridized carbons (Fsp3) is 0.500. The number of hydrogen-bond acceptors (Lipinski definition) is 3. The lowest BCUT2D eigenvalue weighted by Gasteiger charge is -2.15. The monoisotopic (exact) mass is 249 g/mol. The highest BCUT2D eigenvalue weighted by Crippen LogP contribution is 2.27. The smallest absolute Gasteiger partial charge is 0.230 e. The quantitative estimate of drug-likeness (QED) is 0.862. The fourth-order valence-electron chi connectivity index (χ4n) is 2.44. The summed E-state index contributed by atoms with van der Waals surface area (Å²) in [6.45, 7) is 1.93. The Kier molecular flexibility index (Phi) is 3.87. The van der Waals surface area contributed by atoms with Crippen LogP contribution in [0.1, 0.15) is 24.8 Å². The van der Waals surface area contributed by atoms with Crippen LogP contribution in [0.2, 0.25) is 0 Å². The topological polar surface area (TPSA) is 58.6 Å². The van der Waals surface area contributed by atoms with Crippen molar-refractivity contribution < 1.29 is 14.6 Å². The summed E-state index contributed by atoms with van der Waals surface area (Å²) < 4.78 is 5.17. The van der Waals surface area contributed by atoms with Gasteiger partial charge in [0, 0.05) is 5.69 Å². The van der Waals surface area contributed by atoms with Crippen molar-refractivity contribution in [2.45, 2.75) is 32.3 Å². The van der Waals surface area contributed by atoms with Crippen LogP contribution < -0.4 is 10.1 Å². The van der Waals surface area contributed by atoms with Gasteiger partial charge in [-0.2, -0.15) is 0 Å². The number of carbonyl (C=O) groups is 1. The number of hydrogen-bond donors (Lipinski definition) is 2. The molecule has 1 aliphatic carbocycles. The van der Waals surface area contributed by atoms with Crippen LogP contribution in [0.5, 0.6) is 5.75 Å². The highest BCUT2D eigenvalue weighted by molar-refractivity contribution is 5.93. The molecule has 1 aliphatic rings. The van der Waals surface area contributed by atoms with Gasteiger partial charge in [-0.1, -0.05) is 0 Å². The molecule has 1 saturated carbocycles. The lowest BCUT2D eigenvalue weighted by molar-refractivity contribution is -0.122. The van der Waals surface area contributed by atoms with Crippen LogP contribution in [0, 0.1) is 12.8 Å². The second kappa shape index (κ2) is 5.40. The van der Waals surface area contributed by atoms with Crippen molar-refractivity contribution in [3.8, 4) is 5.75 Å². The first-order valence-corrected chi connectivity index (χ1v) is 6.25. The lowest BCUT2D eigenvalue weighted by atomic mass is 10.1. The van der Waals surface area contributed by atoms with Crippen LogP contribution in [0.25, 0.3) is 0 Å². The summed E-state index contributed by atoms with van der Waals surface area (Å²) in [5, 5.41) is 12.5. The van der Waals surface area contributed by atoms with E-state index in [0.717, 1.165) is 36.3 Å². The minimum atomic E-state index is -0.496. The average molecular weight is 249 g/mol. The van der Waals surface area contributed by atoms with Crippen molar-refractivity contribution in [1.82, 2.24) is 0 Å². The molecule has 1 aromatic rings. The number of aryl methyl sites for hydroxylation is 1. The number of aliphatic hydroxyl groups is 1. The molecule has 0 spiro atoms. The van der Waals surface area contributed by atoms with Crippen LogP contribution in [0.3, 0.4) is 0 Å². The number of benzene rings is 1. The number of ether oxygens (including phenoxy) is 1. The van der Waals surface area contributed by atoms with Crippen molar-refractivity contribution in [2.75, 3.05) is 12.4 Å². The molecule has 2 unspecified atom stereocenters. The van der Waals surface area contributed by atoms with Gasteiger partial charge in [0.15, 0.2) is 0 Å². The van der Waals surface area contributed by atoms with E-state index in [2.05, 4.69) is 5.32 Å². The summed E-state index contributed by atoms with van der Waals surface area (Å²) in [6.07, 6.45) is 1.91. The summed E-state index contributed by atoms with van der Waals surface area (Å²) >= 11 is 0. The molecule has 0 saturated heterocycles. The molecule has 0 aromatic heterocycles. The molecule has 1 aromatic carbocycles. The van der Waals surface area contributed by atoms with Crippen molar-refractivity contribution in [3.63, 3.8) is 0 Å². The SMILES string of the molecule is COc1ccc(NC(=O)C2CCCC2O)cc1C. The van der Waals surface area contributed by atoms with Gasteiger partial charge in [0.25, 0.3) is 0 Å². The number of rotatable bonds is 3. The first-order chi connectivity index (χ1) is 8.61. The van der Waals surface area contributed by atoms with Gasteiger partial charge in [-0.05, 0) is 49.9 Å². The van der Waals surface area contributed by atoms with Crippen molar-refractivity contribution in [3.05, 3.63) is 23.8 Å². The van der Waals surface area contributed by atoms with E-state index in [9.17, 15) is 9.90 Å². The van der Waals surface area contributed by atoms with E-state index in [4.69, 9.17) is 4.74 Å².